The van der Waals surface area contributed by atoms with Crippen LogP contribution in [0, 0.1) is 0 Å². The van der Waals surface area contributed by atoms with Gasteiger partial charge in [-0.15, -0.1) is 11.8 Å². The van der Waals surface area contributed by atoms with E-state index in [1.165, 1.54) is 11.8 Å². The van der Waals surface area contributed by atoms with Crippen molar-refractivity contribution in [2.24, 2.45) is 0 Å². The SMILES string of the molecule is O=C1CS[C@@H](c2nn(-c3ccccc3)cc2-c2cc3ccccc3oc2=O)N1Cc1ccccc1. The third kappa shape index (κ3) is 4.04. The van der Waals surface area contributed by atoms with Crippen LogP contribution in [0.1, 0.15) is 16.6 Å². The summed E-state index contributed by atoms with van der Waals surface area (Å²) in [6.45, 7) is 0.474. The maximum absolute atomic E-state index is 13.1. The molecule has 3 aromatic carbocycles. The van der Waals surface area contributed by atoms with E-state index in [1.54, 1.807) is 10.7 Å². The lowest BCUT2D eigenvalue weighted by Crippen LogP contribution is -2.28. The molecule has 1 atom stereocenters. The first-order chi connectivity index (χ1) is 17.2. The molecule has 0 aliphatic carbocycles. The van der Waals surface area contributed by atoms with E-state index >= 15 is 0 Å². The van der Waals surface area contributed by atoms with Gasteiger partial charge in [0.05, 0.1) is 17.0 Å². The number of thioether (sulfide) groups is 1. The van der Waals surface area contributed by atoms with Gasteiger partial charge in [-0.2, -0.15) is 5.10 Å². The molecule has 5 aromatic rings. The summed E-state index contributed by atoms with van der Waals surface area (Å²) in [5.41, 5.74) is 3.79. The van der Waals surface area contributed by atoms with Gasteiger partial charge in [0, 0.05) is 23.7 Å². The van der Waals surface area contributed by atoms with E-state index in [0.29, 0.717) is 34.7 Å². The van der Waals surface area contributed by atoms with Crippen molar-refractivity contribution >= 4 is 28.6 Å². The largest absolute Gasteiger partial charge is 0.422 e. The molecule has 0 radical (unpaired) electrons. The monoisotopic (exact) mass is 479 g/mol. The van der Waals surface area contributed by atoms with E-state index < -0.39 is 5.63 Å². The van der Waals surface area contributed by atoms with Gasteiger partial charge in [0.1, 0.15) is 16.7 Å². The second kappa shape index (κ2) is 8.92. The highest BCUT2D eigenvalue weighted by Crippen LogP contribution is 2.43. The molecule has 0 unspecified atom stereocenters. The van der Waals surface area contributed by atoms with Gasteiger partial charge in [0.25, 0.3) is 0 Å². The van der Waals surface area contributed by atoms with Gasteiger partial charge >= 0.3 is 5.63 Å². The Morgan fingerprint density at radius 1 is 0.886 bits per heavy atom. The van der Waals surface area contributed by atoms with Crippen molar-refractivity contribution in [1.29, 1.82) is 0 Å². The number of amides is 1. The summed E-state index contributed by atoms with van der Waals surface area (Å²) in [5.74, 6) is 0.413. The summed E-state index contributed by atoms with van der Waals surface area (Å²) in [6.07, 6.45) is 1.86. The van der Waals surface area contributed by atoms with Gasteiger partial charge in [-0.05, 0) is 29.8 Å². The number of fused-ring (bicyclic) bond motifs is 1. The zero-order valence-corrected chi connectivity index (χ0v) is 19.5. The normalized spacial score (nSPS) is 15.7. The molecule has 1 fully saturated rings. The molecule has 6 rings (SSSR count). The van der Waals surface area contributed by atoms with Crippen LogP contribution in [0.3, 0.4) is 0 Å². The minimum Gasteiger partial charge on any atom is -0.422 e. The van der Waals surface area contributed by atoms with Crippen LogP contribution in [0.25, 0.3) is 27.8 Å². The first-order valence-corrected chi connectivity index (χ1v) is 12.4. The molecular formula is C28H21N3O3S. The molecule has 0 bridgehead atoms. The average molecular weight is 480 g/mol. The number of rotatable bonds is 5. The average Bonchev–Trinajstić information content (AvgIpc) is 3.48. The Hall–Kier alpha value is -4.10. The van der Waals surface area contributed by atoms with Gasteiger partial charge in [-0.3, -0.25) is 4.79 Å². The summed E-state index contributed by atoms with van der Waals surface area (Å²) in [6, 6.07) is 28.9. The Labute approximate surface area is 205 Å². The Morgan fingerprint density at radius 2 is 1.60 bits per heavy atom. The lowest BCUT2D eigenvalue weighted by atomic mass is 10.1. The van der Waals surface area contributed by atoms with Crippen LogP contribution in [0.4, 0.5) is 0 Å². The fourth-order valence-electron chi connectivity index (χ4n) is 4.37. The smallest absolute Gasteiger partial charge is 0.344 e. The molecule has 2 aromatic heterocycles. The van der Waals surface area contributed by atoms with Crippen molar-refractivity contribution in [1.82, 2.24) is 14.7 Å². The van der Waals surface area contributed by atoms with Gasteiger partial charge in [0.2, 0.25) is 5.91 Å². The molecule has 0 spiro atoms. The zero-order chi connectivity index (χ0) is 23.8. The van der Waals surface area contributed by atoms with E-state index in [1.807, 2.05) is 96.0 Å². The van der Waals surface area contributed by atoms with Crippen LogP contribution in [0.15, 0.2) is 106 Å². The Balaban J connectivity index is 1.51. The number of carbonyl (C=O) groups is 1. The first-order valence-electron chi connectivity index (χ1n) is 11.3. The van der Waals surface area contributed by atoms with Crippen LogP contribution in [-0.2, 0) is 11.3 Å². The van der Waals surface area contributed by atoms with Crippen LogP contribution in [0.2, 0.25) is 0 Å². The van der Waals surface area contributed by atoms with Gasteiger partial charge in [-0.25, -0.2) is 9.48 Å². The van der Waals surface area contributed by atoms with Crippen molar-refractivity contribution in [3.05, 3.63) is 119 Å². The minimum atomic E-state index is -0.429. The highest BCUT2D eigenvalue weighted by molar-refractivity contribution is 8.00. The van der Waals surface area contributed by atoms with Crippen molar-refractivity contribution in [2.75, 3.05) is 5.75 Å². The lowest BCUT2D eigenvalue weighted by Gasteiger charge is -2.23. The molecule has 0 saturated carbocycles. The second-order valence-electron chi connectivity index (χ2n) is 8.36. The second-order valence-corrected chi connectivity index (χ2v) is 9.43. The Morgan fingerprint density at radius 3 is 2.40 bits per heavy atom. The molecule has 1 aliphatic heterocycles. The fraction of sp³-hybridized carbons (Fsp3) is 0.107. The van der Waals surface area contributed by atoms with Crippen LogP contribution in [0.5, 0.6) is 0 Å². The van der Waals surface area contributed by atoms with Gasteiger partial charge in [0.15, 0.2) is 0 Å². The standard InChI is InChI=1S/C28H21N3O3S/c32-25-18-35-27(30(25)16-19-9-3-1-4-10-19)26-23(17-31(29-26)21-12-5-2-6-13-21)22-15-20-11-7-8-14-24(20)34-28(22)33/h1-15,17,27H,16,18H2/t27-/m0/s1. The molecule has 1 aliphatic rings. The highest BCUT2D eigenvalue weighted by atomic mass is 32.2. The molecule has 35 heavy (non-hydrogen) atoms. The quantitative estimate of drug-likeness (QED) is 0.315. The predicted octanol–water partition coefficient (Wildman–Crippen LogP) is 5.42. The summed E-state index contributed by atoms with van der Waals surface area (Å²) < 4.78 is 7.41. The number of carbonyl (C=O) groups excluding carboxylic acids is 1. The third-order valence-corrected chi connectivity index (χ3v) is 7.30. The van der Waals surface area contributed by atoms with E-state index in [0.717, 1.165) is 16.6 Å². The zero-order valence-electron chi connectivity index (χ0n) is 18.7. The summed E-state index contributed by atoms with van der Waals surface area (Å²) in [5, 5.41) is 5.41. The van der Waals surface area contributed by atoms with Crippen LogP contribution >= 0.6 is 11.8 Å². The molecule has 3 heterocycles. The number of para-hydroxylation sites is 2. The predicted molar refractivity (Wildman–Crippen MR) is 137 cm³/mol. The van der Waals surface area contributed by atoms with Gasteiger partial charge < -0.3 is 9.32 Å². The lowest BCUT2D eigenvalue weighted by molar-refractivity contribution is -0.128. The van der Waals surface area contributed by atoms with E-state index in [-0.39, 0.29) is 11.3 Å². The van der Waals surface area contributed by atoms with E-state index in [9.17, 15) is 9.59 Å². The van der Waals surface area contributed by atoms with Crippen molar-refractivity contribution in [2.45, 2.75) is 11.9 Å². The van der Waals surface area contributed by atoms with Crippen molar-refractivity contribution in [3.8, 4) is 16.8 Å². The first kappa shape index (κ1) is 21.4. The minimum absolute atomic E-state index is 0.0506. The van der Waals surface area contributed by atoms with Crippen LogP contribution in [-0.4, -0.2) is 26.3 Å². The molecular weight excluding hydrogens is 458 g/mol. The fourth-order valence-corrected chi connectivity index (χ4v) is 5.54. The topological polar surface area (TPSA) is 68.3 Å². The van der Waals surface area contributed by atoms with Crippen molar-refractivity contribution in [3.63, 3.8) is 0 Å². The molecule has 6 nitrogen and oxygen atoms in total. The molecule has 1 saturated heterocycles. The third-order valence-electron chi connectivity index (χ3n) is 6.09. The number of nitrogens with zero attached hydrogens (tertiary/aromatic N) is 3. The van der Waals surface area contributed by atoms with Crippen LogP contribution < -0.4 is 5.63 Å². The van der Waals surface area contributed by atoms with Gasteiger partial charge in [-0.1, -0.05) is 66.7 Å². The summed E-state index contributed by atoms with van der Waals surface area (Å²) >= 11 is 1.53. The van der Waals surface area contributed by atoms with E-state index in [2.05, 4.69) is 0 Å². The summed E-state index contributed by atoms with van der Waals surface area (Å²) in [7, 11) is 0. The molecule has 7 heteroatoms. The molecule has 0 N–H and O–H groups in total. The number of hydrogen-bond acceptors (Lipinski definition) is 5. The maximum atomic E-state index is 13.1. The molecule has 172 valence electrons. The van der Waals surface area contributed by atoms with E-state index in [4.69, 9.17) is 9.52 Å². The van der Waals surface area contributed by atoms with Crippen molar-refractivity contribution < 1.29 is 9.21 Å². The number of hydrogen-bond donors (Lipinski definition) is 0. The Kier molecular flexibility index (Phi) is 5.47. The highest BCUT2D eigenvalue weighted by Gasteiger charge is 2.37. The maximum Gasteiger partial charge on any atom is 0.344 e. The number of benzene rings is 3. The molecule has 1 amide bonds. The summed E-state index contributed by atoms with van der Waals surface area (Å²) in [4.78, 5) is 27.8. The number of aromatic nitrogens is 2. The Bertz CT molecular complexity index is 1580.